The first-order chi connectivity index (χ1) is 10.7. The van der Waals surface area contributed by atoms with Gasteiger partial charge in [0.15, 0.2) is 0 Å². The van der Waals surface area contributed by atoms with E-state index in [2.05, 4.69) is 35.8 Å². The zero-order valence-corrected chi connectivity index (χ0v) is 13.3. The summed E-state index contributed by atoms with van der Waals surface area (Å²) in [7, 11) is 0. The van der Waals surface area contributed by atoms with Crippen molar-refractivity contribution in [3.8, 4) is 0 Å². The maximum atomic E-state index is 12.5. The van der Waals surface area contributed by atoms with Crippen LogP contribution in [0.2, 0.25) is 0 Å². The average Bonchev–Trinajstić information content (AvgIpc) is 3.12. The van der Waals surface area contributed by atoms with E-state index < -0.39 is 0 Å². The summed E-state index contributed by atoms with van der Waals surface area (Å²) in [5.41, 5.74) is 1.67. The third kappa shape index (κ3) is 2.19. The van der Waals surface area contributed by atoms with Crippen molar-refractivity contribution in [2.75, 3.05) is 6.54 Å². The molecule has 8 heteroatoms. The Morgan fingerprint density at radius 2 is 2.14 bits per heavy atom. The number of fused-ring (bicyclic) bond motifs is 2. The third-order valence-electron chi connectivity index (χ3n) is 3.87. The van der Waals surface area contributed by atoms with Crippen molar-refractivity contribution in [3.63, 3.8) is 0 Å². The molecule has 0 saturated carbocycles. The molecule has 0 fully saturated rings. The van der Waals surface area contributed by atoms with Gasteiger partial charge in [-0.1, -0.05) is 17.3 Å². The van der Waals surface area contributed by atoms with E-state index in [4.69, 9.17) is 0 Å². The Hall–Kier alpha value is -2.22. The average molecular weight is 361 g/mol. The summed E-state index contributed by atoms with van der Waals surface area (Å²) in [6.45, 7) is 2.15. The Morgan fingerprint density at radius 1 is 1.27 bits per heavy atom. The zero-order valence-electron chi connectivity index (χ0n) is 11.7. The molecular weight excluding hydrogens is 348 g/mol. The standard InChI is InChI=1S/C14H13BrN6O/c15-12-7-16-13-8-19(5-6-20(12)13)14(22)9-21-11-4-2-1-3-10(11)17-18-21/h1-4,7H,5-6,8-9H2. The number of imidazole rings is 1. The van der Waals surface area contributed by atoms with Gasteiger partial charge in [-0.2, -0.15) is 0 Å². The van der Waals surface area contributed by atoms with Crippen molar-refractivity contribution in [3.05, 3.63) is 40.9 Å². The number of rotatable bonds is 2. The normalized spacial score (nSPS) is 14.3. The fourth-order valence-corrected chi connectivity index (χ4v) is 3.18. The molecule has 112 valence electrons. The van der Waals surface area contributed by atoms with Crippen molar-refractivity contribution < 1.29 is 4.79 Å². The molecule has 2 aromatic heterocycles. The Morgan fingerprint density at radius 3 is 3.05 bits per heavy atom. The molecule has 0 bridgehead atoms. The van der Waals surface area contributed by atoms with Gasteiger partial charge in [0.25, 0.3) is 0 Å². The van der Waals surface area contributed by atoms with Gasteiger partial charge in [-0.15, -0.1) is 5.10 Å². The van der Waals surface area contributed by atoms with Crippen molar-refractivity contribution >= 4 is 32.9 Å². The number of para-hydroxylation sites is 1. The predicted octanol–water partition coefficient (Wildman–Crippen LogP) is 1.43. The highest BCUT2D eigenvalue weighted by Gasteiger charge is 2.23. The second-order valence-electron chi connectivity index (χ2n) is 5.20. The van der Waals surface area contributed by atoms with Crippen LogP contribution in [0.1, 0.15) is 5.82 Å². The van der Waals surface area contributed by atoms with Crippen LogP contribution in [0.25, 0.3) is 11.0 Å². The fourth-order valence-electron chi connectivity index (χ4n) is 2.70. The smallest absolute Gasteiger partial charge is 0.244 e. The Kier molecular flexibility index (Phi) is 3.18. The van der Waals surface area contributed by atoms with Crippen LogP contribution in [0.15, 0.2) is 35.1 Å². The van der Waals surface area contributed by atoms with Crippen molar-refractivity contribution in [1.82, 2.24) is 29.4 Å². The summed E-state index contributed by atoms with van der Waals surface area (Å²) < 4.78 is 4.68. The summed E-state index contributed by atoms with van der Waals surface area (Å²) in [6.07, 6.45) is 1.77. The molecule has 0 aliphatic carbocycles. The molecule has 1 aliphatic rings. The van der Waals surface area contributed by atoms with Gasteiger partial charge in [-0.3, -0.25) is 4.79 Å². The second-order valence-corrected chi connectivity index (χ2v) is 6.01. The van der Waals surface area contributed by atoms with Crippen LogP contribution in [0, 0.1) is 0 Å². The quantitative estimate of drug-likeness (QED) is 0.693. The van der Waals surface area contributed by atoms with Crippen LogP contribution < -0.4 is 0 Å². The molecule has 1 aliphatic heterocycles. The minimum atomic E-state index is 0.0287. The number of amides is 1. The lowest BCUT2D eigenvalue weighted by atomic mass is 10.3. The monoisotopic (exact) mass is 360 g/mol. The number of hydrogen-bond acceptors (Lipinski definition) is 4. The first-order valence-corrected chi connectivity index (χ1v) is 7.77. The SMILES string of the molecule is O=C(Cn1nnc2ccccc21)N1CCn2c(Br)cnc2C1. The molecule has 7 nitrogen and oxygen atoms in total. The molecule has 0 N–H and O–H groups in total. The van der Waals surface area contributed by atoms with Gasteiger partial charge in [0, 0.05) is 13.1 Å². The lowest BCUT2D eigenvalue weighted by Gasteiger charge is -2.28. The first-order valence-electron chi connectivity index (χ1n) is 6.98. The number of hydrogen-bond donors (Lipinski definition) is 0. The lowest BCUT2D eigenvalue weighted by Crippen LogP contribution is -2.40. The lowest BCUT2D eigenvalue weighted by molar-refractivity contribution is -0.133. The Labute approximate surface area is 134 Å². The number of carbonyl (C=O) groups is 1. The van der Waals surface area contributed by atoms with Gasteiger partial charge in [0.05, 0.1) is 18.3 Å². The first kappa shape index (κ1) is 13.4. The van der Waals surface area contributed by atoms with E-state index in [0.717, 1.165) is 28.0 Å². The van der Waals surface area contributed by atoms with Crippen LogP contribution in [0.4, 0.5) is 0 Å². The molecule has 1 amide bonds. The summed E-state index contributed by atoms with van der Waals surface area (Å²) in [4.78, 5) is 18.6. The molecule has 3 heterocycles. The number of aromatic nitrogens is 5. The van der Waals surface area contributed by atoms with Crippen LogP contribution >= 0.6 is 15.9 Å². The minimum Gasteiger partial charge on any atom is -0.332 e. The van der Waals surface area contributed by atoms with Crippen LogP contribution in [0.5, 0.6) is 0 Å². The van der Waals surface area contributed by atoms with E-state index in [1.54, 1.807) is 10.9 Å². The van der Waals surface area contributed by atoms with Crippen LogP contribution in [0.3, 0.4) is 0 Å². The third-order valence-corrected chi connectivity index (χ3v) is 4.51. The molecule has 0 saturated heterocycles. The minimum absolute atomic E-state index is 0.0287. The highest BCUT2D eigenvalue weighted by atomic mass is 79.9. The number of halogens is 1. The maximum Gasteiger partial charge on any atom is 0.244 e. The van der Waals surface area contributed by atoms with Crippen LogP contribution in [-0.4, -0.2) is 41.9 Å². The van der Waals surface area contributed by atoms with E-state index in [9.17, 15) is 4.79 Å². The van der Waals surface area contributed by atoms with E-state index in [1.165, 1.54) is 0 Å². The molecule has 3 aromatic rings. The topological polar surface area (TPSA) is 68.8 Å². The summed E-state index contributed by atoms with van der Waals surface area (Å²) in [5, 5.41) is 8.15. The summed E-state index contributed by atoms with van der Waals surface area (Å²) in [5.74, 6) is 0.927. The van der Waals surface area contributed by atoms with Crippen molar-refractivity contribution in [2.24, 2.45) is 0 Å². The predicted molar refractivity (Wildman–Crippen MR) is 82.9 cm³/mol. The fraction of sp³-hybridized carbons (Fsp3) is 0.286. The highest BCUT2D eigenvalue weighted by molar-refractivity contribution is 9.10. The molecule has 4 rings (SSSR count). The molecule has 0 spiro atoms. The Bertz CT molecular complexity index is 854. The van der Waals surface area contributed by atoms with Gasteiger partial charge in [0.1, 0.15) is 22.5 Å². The summed E-state index contributed by atoms with van der Waals surface area (Å²) >= 11 is 3.46. The molecular formula is C14H13BrN6O. The number of nitrogens with zero attached hydrogens (tertiary/aromatic N) is 6. The van der Waals surface area contributed by atoms with Gasteiger partial charge in [-0.25, -0.2) is 9.67 Å². The van der Waals surface area contributed by atoms with Gasteiger partial charge in [0.2, 0.25) is 5.91 Å². The van der Waals surface area contributed by atoms with Gasteiger partial charge >= 0.3 is 0 Å². The highest BCUT2D eigenvalue weighted by Crippen LogP contribution is 2.19. The zero-order chi connectivity index (χ0) is 15.1. The largest absolute Gasteiger partial charge is 0.332 e. The Balaban J connectivity index is 1.53. The van der Waals surface area contributed by atoms with E-state index in [0.29, 0.717) is 13.1 Å². The molecule has 0 unspecified atom stereocenters. The number of benzene rings is 1. The van der Waals surface area contributed by atoms with E-state index in [1.807, 2.05) is 29.2 Å². The number of carbonyl (C=O) groups excluding carboxylic acids is 1. The van der Waals surface area contributed by atoms with Gasteiger partial charge in [-0.05, 0) is 28.1 Å². The molecule has 0 radical (unpaired) electrons. The van der Waals surface area contributed by atoms with Crippen molar-refractivity contribution in [1.29, 1.82) is 0 Å². The van der Waals surface area contributed by atoms with Gasteiger partial charge < -0.3 is 9.47 Å². The maximum absolute atomic E-state index is 12.5. The van der Waals surface area contributed by atoms with E-state index in [-0.39, 0.29) is 12.5 Å². The summed E-state index contributed by atoms with van der Waals surface area (Å²) in [6, 6.07) is 7.63. The van der Waals surface area contributed by atoms with E-state index >= 15 is 0 Å². The second kappa shape index (κ2) is 5.20. The molecule has 0 atom stereocenters. The molecule has 1 aromatic carbocycles. The van der Waals surface area contributed by atoms with Crippen molar-refractivity contribution in [2.45, 2.75) is 19.6 Å². The van der Waals surface area contributed by atoms with Crippen LogP contribution in [-0.2, 0) is 24.4 Å². The molecule has 22 heavy (non-hydrogen) atoms.